The summed E-state index contributed by atoms with van der Waals surface area (Å²) in [5, 5.41) is 2.99. The Hall–Kier alpha value is -2.77. The van der Waals surface area contributed by atoms with Gasteiger partial charge in [-0.2, -0.15) is 0 Å². The Labute approximate surface area is 170 Å². The summed E-state index contributed by atoms with van der Waals surface area (Å²) in [6.45, 7) is 4.31. The molecule has 1 N–H and O–H groups in total. The van der Waals surface area contributed by atoms with Gasteiger partial charge < -0.3 is 24.8 Å². The Morgan fingerprint density at radius 2 is 1.86 bits per heavy atom. The molecule has 1 aromatic rings. The van der Waals surface area contributed by atoms with E-state index in [2.05, 4.69) is 5.32 Å². The number of piperidine rings is 1. The molecule has 0 aliphatic carbocycles. The maximum absolute atomic E-state index is 12.8. The minimum Gasteiger partial charge on any atom is -0.448 e. The number of likely N-dealkylation sites (tertiary alicyclic amines) is 2. The van der Waals surface area contributed by atoms with E-state index in [-0.39, 0.29) is 23.9 Å². The van der Waals surface area contributed by atoms with E-state index in [4.69, 9.17) is 4.74 Å². The largest absolute Gasteiger partial charge is 0.448 e. The van der Waals surface area contributed by atoms with Crippen LogP contribution in [0.15, 0.2) is 24.3 Å². The number of rotatable bonds is 4. The number of ether oxygens (including phenoxy) is 1. The number of carbonyl (C=O) groups excluding carboxylic acids is 3. The molecule has 156 valence electrons. The van der Waals surface area contributed by atoms with Gasteiger partial charge in [-0.3, -0.25) is 4.79 Å². The van der Waals surface area contributed by atoms with Crippen LogP contribution in [0.25, 0.3) is 0 Å². The van der Waals surface area contributed by atoms with Crippen molar-refractivity contribution in [2.75, 3.05) is 44.6 Å². The standard InChI is InChI=1S/C21H28N4O4/c26-19(17-6-4-10-24(15-17)20(27)23-8-1-2-9-23)22-18-7-3-5-16(13-18)14-25-11-12-29-21(25)28/h3,5,7,13,17H,1-2,4,6,8-12,14-15H2,(H,22,26). The Bertz CT molecular complexity index is 778. The van der Waals surface area contributed by atoms with Crippen LogP contribution >= 0.6 is 0 Å². The second-order valence-corrected chi connectivity index (χ2v) is 7.99. The van der Waals surface area contributed by atoms with Gasteiger partial charge in [0.1, 0.15) is 6.61 Å². The quantitative estimate of drug-likeness (QED) is 0.842. The van der Waals surface area contributed by atoms with E-state index in [0.717, 1.165) is 50.9 Å². The lowest BCUT2D eigenvalue weighted by atomic mass is 9.97. The highest BCUT2D eigenvalue weighted by Crippen LogP contribution is 2.22. The van der Waals surface area contributed by atoms with Crippen LogP contribution < -0.4 is 5.32 Å². The second-order valence-electron chi connectivity index (χ2n) is 7.99. The van der Waals surface area contributed by atoms with E-state index in [1.165, 1.54) is 0 Å². The number of cyclic esters (lactones) is 1. The molecule has 3 aliphatic rings. The lowest BCUT2D eigenvalue weighted by molar-refractivity contribution is -0.121. The molecule has 8 heteroatoms. The molecule has 8 nitrogen and oxygen atoms in total. The molecule has 3 saturated heterocycles. The zero-order valence-corrected chi connectivity index (χ0v) is 16.6. The van der Waals surface area contributed by atoms with Crippen molar-refractivity contribution in [2.24, 2.45) is 5.92 Å². The first kappa shape index (κ1) is 19.5. The number of hydrogen-bond donors (Lipinski definition) is 1. The molecule has 0 saturated carbocycles. The average Bonchev–Trinajstić information content (AvgIpc) is 3.40. The van der Waals surface area contributed by atoms with Crippen LogP contribution in [-0.4, -0.2) is 72.1 Å². The van der Waals surface area contributed by atoms with E-state index in [0.29, 0.717) is 31.9 Å². The predicted molar refractivity (Wildman–Crippen MR) is 107 cm³/mol. The summed E-state index contributed by atoms with van der Waals surface area (Å²) < 4.78 is 4.96. The van der Waals surface area contributed by atoms with Crippen molar-refractivity contribution in [3.8, 4) is 0 Å². The molecule has 3 aliphatic heterocycles. The lowest BCUT2D eigenvalue weighted by Gasteiger charge is -2.34. The van der Waals surface area contributed by atoms with Crippen LogP contribution in [0.4, 0.5) is 15.3 Å². The van der Waals surface area contributed by atoms with Gasteiger partial charge in [0, 0.05) is 38.4 Å². The Balaban J connectivity index is 1.34. The van der Waals surface area contributed by atoms with Crippen LogP contribution in [0.2, 0.25) is 0 Å². The molecule has 29 heavy (non-hydrogen) atoms. The third-order valence-electron chi connectivity index (χ3n) is 5.85. The second kappa shape index (κ2) is 8.71. The topological polar surface area (TPSA) is 82.2 Å². The molecule has 4 rings (SSSR count). The molecule has 1 unspecified atom stereocenters. The van der Waals surface area contributed by atoms with Crippen LogP contribution in [0.1, 0.15) is 31.2 Å². The van der Waals surface area contributed by atoms with E-state index >= 15 is 0 Å². The summed E-state index contributed by atoms with van der Waals surface area (Å²) in [4.78, 5) is 42.5. The highest BCUT2D eigenvalue weighted by molar-refractivity contribution is 5.93. The van der Waals surface area contributed by atoms with Gasteiger partial charge in [-0.25, -0.2) is 9.59 Å². The van der Waals surface area contributed by atoms with Gasteiger partial charge in [0.2, 0.25) is 5.91 Å². The van der Waals surface area contributed by atoms with E-state index in [1.54, 1.807) is 4.90 Å². The van der Waals surface area contributed by atoms with Crippen molar-refractivity contribution in [3.63, 3.8) is 0 Å². The van der Waals surface area contributed by atoms with Gasteiger partial charge >= 0.3 is 12.1 Å². The number of nitrogens with zero attached hydrogens (tertiary/aromatic N) is 3. The summed E-state index contributed by atoms with van der Waals surface area (Å²) >= 11 is 0. The highest BCUT2D eigenvalue weighted by Gasteiger charge is 2.31. The monoisotopic (exact) mass is 400 g/mol. The number of carbonyl (C=O) groups is 3. The number of benzene rings is 1. The van der Waals surface area contributed by atoms with Crippen LogP contribution in [0.3, 0.4) is 0 Å². The zero-order valence-electron chi connectivity index (χ0n) is 16.6. The minimum absolute atomic E-state index is 0.0540. The fraction of sp³-hybridized carbons (Fsp3) is 0.571. The molecule has 0 aromatic heterocycles. The number of amides is 4. The first-order chi connectivity index (χ1) is 14.1. The van der Waals surface area contributed by atoms with Crippen molar-refractivity contribution in [1.82, 2.24) is 14.7 Å². The predicted octanol–water partition coefficient (Wildman–Crippen LogP) is 2.51. The summed E-state index contributed by atoms with van der Waals surface area (Å²) in [6, 6.07) is 7.60. The molecule has 1 atom stereocenters. The van der Waals surface area contributed by atoms with Gasteiger partial charge in [-0.05, 0) is 43.4 Å². The lowest BCUT2D eigenvalue weighted by Crippen LogP contribution is -2.48. The highest BCUT2D eigenvalue weighted by atomic mass is 16.6. The fourth-order valence-electron chi connectivity index (χ4n) is 4.25. The number of nitrogens with one attached hydrogen (secondary N) is 1. The number of urea groups is 1. The number of anilines is 1. The summed E-state index contributed by atoms with van der Waals surface area (Å²) in [7, 11) is 0. The molecular weight excluding hydrogens is 372 g/mol. The minimum atomic E-state index is -0.301. The van der Waals surface area contributed by atoms with Gasteiger partial charge in [-0.15, -0.1) is 0 Å². The molecule has 0 bridgehead atoms. The molecule has 0 spiro atoms. The SMILES string of the molecule is O=C(Nc1cccc(CN2CCOC2=O)c1)C1CCCN(C(=O)N2CCCC2)C1. The third-order valence-corrected chi connectivity index (χ3v) is 5.85. The van der Waals surface area contributed by atoms with Crippen molar-refractivity contribution in [2.45, 2.75) is 32.2 Å². The molecule has 0 radical (unpaired) electrons. The Morgan fingerprint density at radius 1 is 1.07 bits per heavy atom. The van der Waals surface area contributed by atoms with Gasteiger partial charge in [0.25, 0.3) is 0 Å². The average molecular weight is 400 g/mol. The molecule has 1 aromatic carbocycles. The molecule has 3 fully saturated rings. The Kier molecular flexibility index (Phi) is 5.87. The molecular formula is C21H28N4O4. The van der Waals surface area contributed by atoms with Crippen molar-refractivity contribution >= 4 is 23.7 Å². The first-order valence-electron chi connectivity index (χ1n) is 10.5. The maximum atomic E-state index is 12.8. The maximum Gasteiger partial charge on any atom is 0.410 e. The third kappa shape index (κ3) is 4.63. The summed E-state index contributed by atoms with van der Waals surface area (Å²) in [6.07, 6.45) is 3.46. The van der Waals surface area contributed by atoms with Gasteiger partial charge in [-0.1, -0.05) is 12.1 Å². The normalized spacial score (nSPS) is 22.0. The van der Waals surface area contributed by atoms with Gasteiger partial charge in [0.05, 0.1) is 12.5 Å². The van der Waals surface area contributed by atoms with E-state index < -0.39 is 0 Å². The van der Waals surface area contributed by atoms with Crippen molar-refractivity contribution < 1.29 is 19.1 Å². The van der Waals surface area contributed by atoms with Crippen molar-refractivity contribution in [3.05, 3.63) is 29.8 Å². The zero-order chi connectivity index (χ0) is 20.2. The molecule has 4 amide bonds. The van der Waals surface area contributed by atoms with Crippen molar-refractivity contribution in [1.29, 1.82) is 0 Å². The van der Waals surface area contributed by atoms with Crippen LogP contribution in [-0.2, 0) is 16.1 Å². The van der Waals surface area contributed by atoms with Crippen LogP contribution in [0.5, 0.6) is 0 Å². The first-order valence-corrected chi connectivity index (χ1v) is 10.5. The Morgan fingerprint density at radius 3 is 2.62 bits per heavy atom. The summed E-state index contributed by atoms with van der Waals surface area (Å²) in [5.74, 6) is -0.255. The number of hydrogen-bond acceptors (Lipinski definition) is 4. The van der Waals surface area contributed by atoms with Gasteiger partial charge in [0.15, 0.2) is 0 Å². The van der Waals surface area contributed by atoms with E-state index in [1.807, 2.05) is 34.1 Å². The smallest absolute Gasteiger partial charge is 0.410 e. The van der Waals surface area contributed by atoms with Crippen LogP contribution in [0, 0.1) is 5.92 Å². The molecule has 3 heterocycles. The summed E-state index contributed by atoms with van der Waals surface area (Å²) in [5.41, 5.74) is 1.65. The van der Waals surface area contributed by atoms with E-state index in [9.17, 15) is 14.4 Å². The fourth-order valence-corrected chi connectivity index (χ4v) is 4.25.